The summed E-state index contributed by atoms with van der Waals surface area (Å²) in [6, 6.07) is 13.7. The molecule has 2 heterocycles. The highest BCUT2D eigenvalue weighted by atomic mass is 32.2. The van der Waals surface area contributed by atoms with Gasteiger partial charge in [-0.3, -0.25) is 9.69 Å². The van der Waals surface area contributed by atoms with Gasteiger partial charge in [0.1, 0.15) is 0 Å². The van der Waals surface area contributed by atoms with Crippen molar-refractivity contribution in [3.05, 3.63) is 59.2 Å². The summed E-state index contributed by atoms with van der Waals surface area (Å²) in [5, 5.41) is 3.08. The van der Waals surface area contributed by atoms with Crippen LogP contribution in [-0.2, 0) is 34.2 Å². The molecule has 1 N–H and O–H groups in total. The van der Waals surface area contributed by atoms with E-state index in [0.29, 0.717) is 30.8 Å². The first-order valence-electron chi connectivity index (χ1n) is 12.7. The highest BCUT2D eigenvalue weighted by Gasteiger charge is 2.32. The Bertz CT molecular complexity index is 1130. The van der Waals surface area contributed by atoms with Gasteiger partial charge in [-0.25, -0.2) is 8.42 Å². The maximum absolute atomic E-state index is 13.2. The van der Waals surface area contributed by atoms with Crippen LogP contribution in [0, 0.1) is 5.92 Å². The number of anilines is 1. The lowest BCUT2D eigenvalue weighted by Crippen LogP contribution is -2.41. The van der Waals surface area contributed by atoms with E-state index in [2.05, 4.69) is 22.3 Å². The summed E-state index contributed by atoms with van der Waals surface area (Å²) in [4.78, 5) is 15.8. The molecule has 182 valence electrons. The number of nitrogens with one attached hydrogen (secondary N) is 1. The van der Waals surface area contributed by atoms with Gasteiger partial charge in [0.05, 0.1) is 4.90 Å². The predicted molar refractivity (Wildman–Crippen MR) is 134 cm³/mol. The molecule has 1 aliphatic carbocycles. The monoisotopic (exact) mass is 481 g/mol. The highest BCUT2D eigenvalue weighted by molar-refractivity contribution is 7.89. The van der Waals surface area contributed by atoms with Gasteiger partial charge in [0.25, 0.3) is 0 Å². The van der Waals surface area contributed by atoms with Gasteiger partial charge >= 0.3 is 0 Å². The standard InChI is InChI=1S/C27H35N3O3S/c31-27(28-25-9-4-6-21(18-25)20-29-14-2-1-3-15-29)23-12-16-30(17-13-23)34(32,33)26-11-10-22-7-5-8-24(22)19-26/h4,6,9-11,18-19,23H,1-3,5,7-8,12-17,20H2,(H,28,31). The number of benzene rings is 2. The number of carbonyl (C=O) groups is 1. The van der Waals surface area contributed by atoms with Gasteiger partial charge in [-0.1, -0.05) is 24.6 Å². The maximum atomic E-state index is 13.2. The zero-order valence-electron chi connectivity index (χ0n) is 19.8. The highest BCUT2D eigenvalue weighted by Crippen LogP contribution is 2.29. The zero-order valence-corrected chi connectivity index (χ0v) is 20.7. The Morgan fingerprint density at radius 3 is 2.44 bits per heavy atom. The molecule has 0 aromatic heterocycles. The topological polar surface area (TPSA) is 69.7 Å². The number of sulfonamides is 1. The lowest BCUT2D eigenvalue weighted by atomic mass is 9.97. The lowest BCUT2D eigenvalue weighted by molar-refractivity contribution is -0.120. The fraction of sp³-hybridized carbons (Fsp3) is 0.519. The number of nitrogens with zero attached hydrogens (tertiary/aromatic N) is 2. The number of piperidine rings is 2. The lowest BCUT2D eigenvalue weighted by Gasteiger charge is -2.30. The van der Waals surface area contributed by atoms with Crippen LogP contribution in [0.3, 0.4) is 0 Å². The minimum atomic E-state index is -3.51. The second kappa shape index (κ2) is 10.2. The number of hydrogen-bond acceptors (Lipinski definition) is 4. The molecule has 0 spiro atoms. The van der Waals surface area contributed by atoms with Crippen molar-refractivity contribution in [2.75, 3.05) is 31.5 Å². The van der Waals surface area contributed by atoms with Crippen molar-refractivity contribution in [2.45, 2.75) is 62.8 Å². The molecule has 0 atom stereocenters. The molecule has 3 aliphatic rings. The van der Waals surface area contributed by atoms with E-state index in [1.165, 1.54) is 30.4 Å². The molecule has 2 aromatic carbocycles. The summed E-state index contributed by atoms with van der Waals surface area (Å²) in [5.74, 6) is -0.179. The molecule has 2 fully saturated rings. The molecule has 0 bridgehead atoms. The molecule has 6 nitrogen and oxygen atoms in total. The van der Waals surface area contributed by atoms with E-state index in [0.717, 1.165) is 50.1 Å². The van der Waals surface area contributed by atoms with Crippen LogP contribution in [0.15, 0.2) is 47.4 Å². The molecule has 7 heteroatoms. The molecule has 2 aliphatic heterocycles. The Hall–Kier alpha value is -2.22. The average Bonchev–Trinajstić information content (AvgIpc) is 3.33. The summed E-state index contributed by atoms with van der Waals surface area (Å²) in [7, 11) is -3.51. The normalized spacial score (nSPS) is 20.2. The molecule has 2 aromatic rings. The van der Waals surface area contributed by atoms with E-state index in [1.54, 1.807) is 10.4 Å². The van der Waals surface area contributed by atoms with Crippen LogP contribution in [-0.4, -0.2) is 49.7 Å². The predicted octanol–water partition coefficient (Wildman–Crippen LogP) is 4.20. The Morgan fingerprint density at radius 2 is 1.65 bits per heavy atom. The molecule has 1 amide bonds. The summed E-state index contributed by atoms with van der Waals surface area (Å²) < 4.78 is 27.9. The van der Waals surface area contributed by atoms with Crippen molar-refractivity contribution in [1.29, 1.82) is 0 Å². The minimum Gasteiger partial charge on any atom is -0.326 e. The van der Waals surface area contributed by atoms with E-state index in [9.17, 15) is 13.2 Å². The summed E-state index contributed by atoms with van der Waals surface area (Å²) in [6.45, 7) is 3.97. The molecular weight excluding hydrogens is 446 g/mol. The Balaban J connectivity index is 1.16. The second-order valence-corrected chi connectivity index (χ2v) is 11.9. The van der Waals surface area contributed by atoms with Gasteiger partial charge in [-0.15, -0.1) is 0 Å². The quantitative estimate of drug-likeness (QED) is 0.671. The number of amides is 1. The van der Waals surface area contributed by atoms with Crippen molar-refractivity contribution in [3.63, 3.8) is 0 Å². The first-order chi connectivity index (χ1) is 16.5. The molecule has 0 radical (unpaired) electrons. The molecular formula is C27H35N3O3S. The Kier molecular flexibility index (Phi) is 7.04. The summed E-state index contributed by atoms with van der Waals surface area (Å²) in [5.41, 5.74) is 4.48. The molecule has 0 unspecified atom stereocenters. The molecule has 5 rings (SSSR count). The van der Waals surface area contributed by atoms with Crippen LogP contribution in [0.5, 0.6) is 0 Å². The third-order valence-electron chi connectivity index (χ3n) is 7.58. The largest absolute Gasteiger partial charge is 0.326 e. The SMILES string of the molecule is O=C(Nc1cccc(CN2CCCCC2)c1)C1CCN(S(=O)(=O)c2ccc3c(c2)CCC3)CC1. The number of hydrogen-bond donors (Lipinski definition) is 1. The van der Waals surface area contributed by atoms with Crippen molar-refractivity contribution in [3.8, 4) is 0 Å². The van der Waals surface area contributed by atoms with Crippen molar-refractivity contribution < 1.29 is 13.2 Å². The number of fused-ring (bicyclic) bond motifs is 1. The van der Waals surface area contributed by atoms with E-state index < -0.39 is 10.0 Å². The molecule has 2 saturated heterocycles. The maximum Gasteiger partial charge on any atom is 0.243 e. The van der Waals surface area contributed by atoms with Crippen LogP contribution in [0.2, 0.25) is 0 Å². The van der Waals surface area contributed by atoms with E-state index in [-0.39, 0.29) is 11.8 Å². The first kappa shape index (κ1) is 23.5. The van der Waals surface area contributed by atoms with Gasteiger partial charge in [0.2, 0.25) is 15.9 Å². The van der Waals surface area contributed by atoms with Gasteiger partial charge in [0.15, 0.2) is 0 Å². The number of aryl methyl sites for hydroxylation is 2. The summed E-state index contributed by atoms with van der Waals surface area (Å²) in [6.07, 6.45) is 8.03. The number of carbonyl (C=O) groups excluding carboxylic acids is 1. The third kappa shape index (κ3) is 5.21. The van der Waals surface area contributed by atoms with Crippen molar-refractivity contribution in [2.24, 2.45) is 5.92 Å². The number of likely N-dealkylation sites (tertiary alicyclic amines) is 1. The van der Waals surface area contributed by atoms with E-state index in [4.69, 9.17) is 0 Å². The van der Waals surface area contributed by atoms with Gasteiger partial charge in [-0.05, 0) is 99.0 Å². The van der Waals surface area contributed by atoms with Crippen LogP contribution in [0.4, 0.5) is 5.69 Å². The smallest absolute Gasteiger partial charge is 0.243 e. The Labute approximate surface area is 203 Å². The van der Waals surface area contributed by atoms with Crippen LogP contribution in [0.25, 0.3) is 0 Å². The van der Waals surface area contributed by atoms with Crippen molar-refractivity contribution in [1.82, 2.24) is 9.21 Å². The fourth-order valence-electron chi connectivity index (χ4n) is 5.58. The molecule has 34 heavy (non-hydrogen) atoms. The van der Waals surface area contributed by atoms with E-state index >= 15 is 0 Å². The van der Waals surface area contributed by atoms with Gasteiger partial charge in [-0.2, -0.15) is 4.31 Å². The minimum absolute atomic E-state index is 0.00954. The van der Waals surface area contributed by atoms with Crippen LogP contribution >= 0.6 is 0 Å². The second-order valence-electron chi connectivity index (χ2n) is 9.99. The summed E-state index contributed by atoms with van der Waals surface area (Å²) >= 11 is 0. The van der Waals surface area contributed by atoms with Gasteiger partial charge in [0, 0.05) is 31.2 Å². The third-order valence-corrected chi connectivity index (χ3v) is 9.48. The fourth-order valence-corrected chi connectivity index (χ4v) is 7.10. The van der Waals surface area contributed by atoms with Crippen LogP contribution < -0.4 is 5.32 Å². The zero-order chi connectivity index (χ0) is 23.5. The van der Waals surface area contributed by atoms with E-state index in [1.807, 2.05) is 24.3 Å². The van der Waals surface area contributed by atoms with Gasteiger partial charge < -0.3 is 5.32 Å². The average molecular weight is 482 g/mol. The number of rotatable bonds is 6. The molecule has 0 saturated carbocycles. The Morgan fingerprint density at radius 1 is 0.882 bits per heavy atom. The van der Waals surface area contributed by atoms with Crippen LogP contribution in [0.1, 0.15) is 55.2 Å². The first-order valence-corrected chi connectivity index (χ1v) is 14.2. The van der Waals surface area contributed by atoms with Crippen molar-refractivity contribution >= 4 is 21.6 Å².